The largest absolute Gasteiger partial charge is 0.494 e. The molecule has 0 aliphatic rings. The highest BCUT2D eigenvalue weighted by molar-refractivity contribution is 7.21. The van der Waals surface area contributed by atoms with Crippen LogP contribution < -0.4 is 9.64 Å². The van der Waals surface area contributed by atoms with E-state index < -0.39 is 17.7 Å². The summed E-state index contributed by atoms with van der Waals surface area (Å²) in [6.45, 7) is 1.00. The van der Waals surface area contributed by atoms with Crippen molar-refractivity contribution in [3.05, 3.63) is 83.1 Å². The van der Waals surface area contributed by atoms with Gasteiger partial charge in [0, 0.05) is 24.6 Å². The van der Waals surface area contributed by atoms with Gasteiger partial charge in [0.1, 0.15) is 10.3 Å². The van der Waals surface area contributed by atoms with Crippen molar-refractivity contribution in [2.45, 2.75) is 13.0 Å². The van der Waals surface area contributed by atoms with Crippen molar-refractivity contribution in [3.8, 4) is 17.6 Å². The summed E-state index contributed by atoms with van der Waals surface area (Å²) in [5.41, 5.74) is 2.93. The van der Waals surface area contributed by atoms with Gasteiger partial charge in [-0.25, -0.2) is 19.2 Å². The Balaban J connectivity index is 1.58. The molecule has 0 saturated carbocycles. The van der Waals surface area contributed by atoms with Crippen LogP contribution >= 0.6 is 11.3 Å². The molecule has 172 valence electrons. The number of halogens is 2. The molecule has 1 N–H and O–H groups in total. The van der Waals surface area contributed by atoms with Crippen LogP contribution in [0, 0.1) is 23.6 Å². The first-order chi connectivity index (χ1) is 16.4. The lowest BCUT2D eigenvalue weighted by Gasteiger charge is -2.22. The van der Waals surface area contributed by atoms with Gasteiger partial charge in [-0.1, -0.05) is 35.5 Å². The Bertz CT molecular complexity index is 1390. The van der Waals surface area contributed by atoms with Crippen molar-refractivity contribution in [3.63, 3.8) is 0 Å². The zero-order valence-corrected chi connectivity index (χ0v) is 18.9. The van der Waals surface area contributed by atoms with Crippen molar-refractivity contribution in [2.24, 2.45) is 0 Å². The number of methoxy groups -OCH3 is 1. The number of rotatable bonds is 7. The summed E-state index contributed by atoms with van der Waals surface area (Å²) in [6, 6.07) is 14.9. The molecule has 34 heavy (non-hydrogen) atoms. The molecule has 4 aromatic rings. The van der Waals surface area contributed by atoms with Crippen LogP contribution in [0.4, 0.5) is 13.9 Å². The second-order valence-electron chi connectivity index (χ2n) is 7.35. The molecule has 0 radical (unpaired) electrons. The smallest absolute Gasteiger partial charge is 0.382 e. The van der Waals surface area contributed by atoms with Crippen molar-refractivity contribution in [2.75, 3.05) is 18.6 Å². The van der Waals surface area contributed by atoms with E-state index in [2.05, 4.69) is 21.8 Å². The molecule has 0 spiro atoms. The van der Waals surface area contributed by atoms with E-state index in [0.717, 1.165) is 11.1 Å². The molecular weight excluding hydrogens is 460 g/mol. The average Bonchev–Trinajstić information content (AvgIpc) is 3.24. The normalized spacial score (nSPS) is 10.6. The fraction of sp³-hybridized carbons (Fsp3) is 0.160. The van der Waals surface area contributed by atoms with Gasteiger partial charge in [0.2, 0.25) is 5.95 Å². The van der Waals surface area contributed by atoms with E-state index in [1.54, 1.807) is 24.3 Å². The topological polar surface area (TPSA) is 75.5 Å². The quantitative estimate of drug-likeness (QED) is 0.307. The number of carboxylic acids is 1. The SMILES string of the molecule is COc1ccc(CCN(Cc2ccc(C#CC(=O)O)cc2)c2nc3ccc(F)nc3s2)cc1F. The van der Waals surface area contributed by atoms with Gasteiger partial charge in [-0.05, 0) is 53.9 Å². The van der Waals surface area contributed by atoms with E-state index in [-0.39, 0.29) is 5.75 Å². The molecule has 0 amide bonds. The minimum Gasteiger partial charge on any atom is -0.494 e. The third kappa shape index (κ3) is 5.66. The predicted octanol–water partition coefficient (Wildman–Crippen LogP) is 4.66. The monoisotopic (exact) mass is 479 g/mol. The molecule has 0 bridgehead atoms. The summed E-state index contributed by atoms with van der Waals surface area (Å²) >= 11 is 1.28. The number of thiazole rings is 1. The number of pyridine rings is 1. The van der Waals surface area contributed by atoms with Gasteiger partial charge in [0.25, 0.3) is 0 Å². The number of carbonyl (C=O) groups is 1. The van der Waals surface area contributed by atoms with Crippen LogP contribution in [0.5, 0.6) is 5.75 Å². The van der Waals surface area contributed by atoms with Crippen LogP contribution in [-0.4, -0.2) is 34.7 Å². The second-order valence-corrected chi connectivity index (χ2v) is 8.30. The summed E-state index contributed by atoms with van der Waals surface area (Å²) in [5.74, 6) is 2.67. The number of hydrogen-bond donors (Lipinski definition) is 1. The summed E-state index contributed by atoms with van der Waals surface area (Å²) in [5, 5.41) is 9.37. The van der Waals surface area contributed by atoms with Gasteiger partial charge in [-0.15, -0.1) is 0 Å². The Labute approximate surface area is 198 Å². The van der Waals surface area contributed by atoms with E-state index in [0.29, 0.717) is 40.6 Å². The number of anilines is 1. The average molecular weight is 480 g/mol. The zero-order chi connectivity index (χ0) is 24.1. The van der Waals surface area contributed by atoms with E-state index >= 15 is 0 Å². The molecule has 2 aromatic heterocycles. The van der Waals surface area contributed by atoms with Crippen LogP contribution in [-0.2, 0) is 17.8 Å². The summed E-state index contributed by atoms with van der Waals surface area (Å²) in [7, 11) is 1.42. The molecule has 2 aromatic carbocycles. The number of hydrogen-bond acceptors (Lipinski definition) is 6. The number of fused-ring (bicyclic) bond motifs is 1. The van der Waals surface area contributed by atoms with Gasteiger partial charge in [-0.2, -0.15) is 4.39 Å². The van der Waals surface area contributed by atoms with Gasteiger partial charge in [-0.3, -0.25) is 0 Å². The van der Waals surface area contributed by atoms with Crippen molar-refractivity contribution < 1.29 is 23.4 Å². The van der Waals surface area contributed by atoms with E-state index in [1.165, 1.54) is 30.6 Å². The highest BCUT2D eigenvalue weighted by Gasteiger charge is 2.15. The molecule has 0 saturated heterocycles. The third-order valence-electron chi connectivity index (χ3n) is 5.01. The zero-order valence-electron chi connectivity index (χ0n) is 18.1. The molecule has 0 atom stereocenters. The minimum absolute atomic E-state index is 0.186. The first-order valence-corrected chi connectivity index (χ1v) is 11.1. The number of aliphatic carboxylic acids is 1. The fourth-order valence-corrected chi connectivity index (χ4v) is 4.28. The van der Waals surface area contributed by atoms with Gasteiger partial charge < -0.3 is 14.7 Å². The molecule has 0 aliphatic heterocycles. The number of carboxylic acid groups (broad SMARTS) is 1. The summed E-state index contributed by atoms with van der Waals surface area (Å²) in [6.07, 6.45) is 0.542. The number of nitrogens with zero attached hydrogens (tertiary/aromatic N) is 3. The van der Waals surface area contributed by atoms with Crippen LogP contribution in [0.3, 0.4) is 0 Å². The van der Waals surface area contributed by atoms with E-state index in [1.807, 2.05) is 23.1 Å². The molecule has 2 heterocycles. The lowest BCUT2D eigenvalue weighted by Crippen LogP contribution is -2.25. The minimum atomic E-state index is -1.19. The second kappa shape index (κ2) is 10.3. The van der Waals surface area contributed by atoms with Crippen molar-refractivity contribution in [1.82, 2.24) is 9.97 Å². The molecular formula is C25H19F2N3O3S. The lowest BCUT2D eigenvalue weighted by atomic mass is 10.1. The number of aromatic nitrogens is 2. The molecule has 0 unspecified atom stereocenters. The Morgan fingerprint density at radius 2 is 1.85 bits per heavy atom. The van der Waals surface area contributed by atoms with E-state index in [4.69, 9.17) is 9.84 Å². The van der Waals surface area contributed by atoms with Crippen LogP contribution in [0.15, 0.2) is 54.6 Å². The van der Waals surface area contributed by atoms with Crippen molar-refractivity contribution in [1.29, 1.82) is 0 Å². The molecule has 4 rings (SSSR count). The Morgan fingerprint density at radius 1 is 1.09 bits per heavy atom. The van der Waals surface area contributed by atoms with Crippen LogP contribution in [0.25, 0.3) is 10.3 Å². The van der Waals surface area contributed by atoms with Crippen LogP contribution in [0.1, 0.15) is 16.7 Å². The lowest BCUT2D eigenvalue weighted by molar-refractivity contribution is -0.130. The summed E-state index contributed by atoms with van der Waals surface area (Å²) in [4.78, 5) is 21.7. The molecule has 9 heteroatoms. The maximum absolute atomic E-state index is 14.1. The molecule has 0 fully saturated rings. The highest BCUT2D eigenvalue weighted by atomic mass is 32.1. The Morgan fingerprint density at radius 3 is 2.56 bits per heavy atom. The fourth-order valence-electron chi connectivity index (χ4n) is 3.33. The predicted molar refractivity (Wildman–Crippen MR) is 126 cm³/mol. The van der Waals surface area contributed by atoms with Crippen molar-refractivity contribution >= 4 is 32.8 Å². The Hall–Kier alpha value is -4.03. The third-order valence-corrected chi connectivity index (χ3v) is 6.03. The maximum Gasteiger partial charge on any atom is 0.382 e. The summed E-state index contributed by atoms with van der Waals surface area (Å²) < 4.78 is 32.7. The van der Waals surface area contributed by atoms with Gasteiger partial charge in [0.15, 0.2) is 16.7 Å². The Kier molecular flexibility index (Phi) is 6.99. The molecule has 6 nitrogen and oxygen atoms in total. The first kappa shape index (κ1) is 23.1. The number of benzene rings is 2. The highest BCUT2D eigenvalue weighted by Crippen LogP contribution is 2.29. The first-order valence-electron chi connectivity index (χ1n) is 10.3. The number of ether oxygens (including phenoxy) is 1. The maximum atomic E-state index is 14.1. The standard InChI is InChI=1S/C25H19F2N3O3S/c1-33-21-9-6-17(14-19(21)26)12-13-30(25-28-20-8-10-22(27)29-24(20)34-25)15-18-4-2-16(3-5-18)7-11-23(31)32/h2-6,8-10,14H,12-13,15H2,1H3,(H,31,32). The van der Waals surface area contributed by atoms with Gasteiger partial charge >= 0.3 is 5.97 Å². The van der Waals surface area contributed by atoms with E-state index in [9.17, 15) is 13.6 Å². The van der Waals surface area contributed by atoms with Crippen LogP contribution in [0.2, 0.25) is 0 Å². The van der Waals surface area contributed by atoms with Gasteiger partial charge in [0.05, 0.1) is 7.11 Å². The molecule has 0 aliphatic carbocycles.